The Morgan fingerprint density at radius 3 is 2.62 bits per heavy atom. The fourth-order valence-corrected chi connectivity index (χ4v) is 2.92. The minimum absolute atomic E-state index is 0.321. The van der Waals surface area contributed by atoms with E-state index in [1.54, 1.807) is 6.92 Å². The van der Waals surface area contributed by atoms with Gasteiger partial charge < -0.3 is 10.4 Å². The number of aromatic carboxylic acids is 1. The Morgan fingerprint density at radius 2 is 1.95 bits per heavy atom. The summed E-state index contributed by atoms with van der Waals surface area (Å²) in [4.78, 5) is 16.2. The molecule has 4 nitrogen and oxygen atoms in total. The quantitative estimate of drug-likeness (QED) is 0.889. The molecule has 0 spiro atoms. The fraction of sp³-hybridized carbons (Fsp3) is 0.294. The number of carbonyl (C=O) groups is 1. The summed E-state index contributed by atoms with van der Waals surface area (Å²) < 4.78 is 0. The predicted molar refractivity (Wildman–Crippen MR) is 81.5 cm³/mol. The van der Waals surface area contributed by atoms with E-state index in [1.165, 1.54) is 0 Å². The van der Waals surface area contributed by atoms with Crippen molar-refractivity contribution in [2.24, 2.45) is 0 Å². The average Bonchev–Trinajstić information content (AvgIpc) is 2.46. The highest BCUT2D eigenvalue weighted by atomic mass is 16.4. The summed E-state index contributed by atoms with van der Waals surface area (Å²) in [6.07, 6.45) is 0.842. The summed E-state index contributed by atoms with van der Waals surface area (Å²) in [6.45, 7) is 5.37. The molecule has 1 aliphatic heterocycles. The van der Waals surface area contributed by atoms with Crippen molar-refractivity contribution < 1.29 is 9.90 Å². The Balaban J connectivity index is 2.31. The van der Waals surface area contributed by atoms with Crippen LogP contribution in [-0.4, -0.2) is 22.6 Å². The highest BCUT2D eigenvalue weighted by Crippen LogP contribution is 2.32. The first-order valence-corrected chi connectivity index (χ1v) is 7.11. The van der Waals surface area contributed by atoms with Gasteiger partial charge in [0.15, 0.2) is 0 Å². The van der Waals surface area contributed by atoms with Crippen molar-refractivity contribution >= 4 is 5.97 Å². The number of benzene rings is 1. The monoisotopic (exact) mass is 282 g/mol. The van der Waals surface area contributed by atoms with Crippen molar-refractivity contribution in [3.8, 4) is 11.1 Å². The SMILES string of the molecule is Cc1ccc(-c2c3c(nc(C)c2C(=O)O)CCNC3)cc1. The zero-order valence-corrected chi connectivity index (χ0v) is 12.2. The maximum absolute atomic E-state index is 11.7. The third-order valence-corrected chi connectivity index (χ3v) is 3.96. The molecule has 108 valence electrons. The summed E-state index contributed by atoms with van der Waals surface area (Å²) in [5.41, 5.74) is 5.88. The highest BCUT2D eigenvalue weighted by molar-refractivity contribution is 5.98. The molecule has 0 saturated carbocycles. The van der Waals surface area contributed by atoms with Crippen LogP contribution in [0.5, 0.6) is 0 Å². The molecule has 3 rings (SSSR count). The summed E-state index contributed by atoms with van der Waals surface area (Å²) >= 11 is 0. The molecule has 1 aliphatic rings. The van der Waals surface area contributed by atoms with Gasteiger partial charge in [-0.25, -0.2) is 4.79 Å². The number of nitrogens with zero attached hydrogens (tertiary/aromatic N) is 1. The molecular formula is C17H18N2O2. The second kappa shape index (κ2) is 5.30. The van der Waals surface area contributed by atoms with Crippen molar-refractivity contribution in [2.75, 3.05) is 6.54 Å². The van der Waals surface area contributed by atoms with Gasteiger partial charge in [0.05, 0.1) is 11.3 Å². The minimum Gasteiger partial charge on any atom is -0.478 e. The van der Waals surface area contributed by atoms with E-state index < -0.39 is 5.97 Å². The van der Waals surface area contributed by atoms with Crippen molar-refractivity contribution in [3.05, 3.63) is 52.3 Å². The average molecular weight is 282 g/mol. The topological polar surface area (TPSA) is 62.2 Å². The number of pyridine rings is 1. The van der Waals surface area contributed by atoms with Crippen LogP contribution in [0.3, 0.4) is 0 Å². The molecule has 1 aromatic carbocycles. The Hall–Kier alpha value is -2.20. The molecule has 0 aliphatic carbocycles. The Labute approximate surface area is 123 Å². The summed E-state index contributed by atoms with van der Waals surface area (Å²) in [6, 6.07) is 8.01. The van der Waals surface area contributed by atoms with Gasteiger partial charge in [-0.15, -0.1) is 0 Å². The maximum atomic E-state index is 11.7. The van der Waals surface area contributed by atoms with Crippen molar-refractivity contribution in [1.82, 2.24) is 10.3 Å². The van der Waals surface area contributed by atoms with Gasteiger partial charge in [-0.3, -0.25) is 4.98 Å². The van der Waals surface area contributed by atoms with Gasteiger partial charge in [0.25, 0.3) is 0 Å². The molecule has 0 atom stereocenters. The van der Waals surface area contributed by atoms with Crippen LogP contribution in [0.15, 0.2) is 24.3 Å². The van der Waals surface area contributed by atoms with E-state index in [4.69, 9.17) is 0 Å². The van der Waals surface area contributed by atoms with Gasteiger partial charge in [0.2, 0.25) is 0 Å². The number of nitrogens with one attached hydrogen (secondary N) is 1. The molecule has 21 heavy (non-hydrogen) atoms. The van der Waals surface area contributed by atoms with Gasteiger partial charge in [0.1, 0.15) is 0 Å². The zero-order valence-electron chi connectivity index (χ0n) is 12.2. The van der Waals surface area contributed by atoms with Crippen molar-refractivity contribution in [3.63, 3.8) is 0 Å². The summed E-state index contributed by atoms with van der Waals surface area (Å²) in [5.74, 6) is -0.913. The Bertz CT molecular complexity index is 706. The standard InChI is InChI=1S/C17H18N2O2/c1-10-3-5-12(6-4-10)16-13-9-18-8-7-14(13)19-11(2)15(16)17(20)21/h3-6,18H,7-9H2,1-2H3,(H,20,21). The first-order valence-electron chi connectivity index (χ1n) is 7.11. The third kappa shape index (κ3) is 2.43. The molecular weight excluding hydrogens is 264 g/mol. The molecule has 0 fully saturated rings. The lowest BCUT2D eigenvalue weighted by Crippen LogP contribution is -2.27. The molecule has 2 N–H and O–H groups in total. The molecule has 0 bridgehead atoms. The lowest BCUT2D eigenvalue weighted by atomic mass is 9.90. The normalized spacial score (nSPS) is 13.8. The number of fused-ring (bicyclic) bond motifs is 1. The fourth-order valence-electron chi connectivity index (χ4n) is 2.92. The molecule has 0 radical (unpaired) electrons. The van der Waals surface area contributed by atoms with Crippen LogP contribution in [0, 0.1) is 13.8 Å². The highest BCUT2D eigenvalue weighted by Gasteiger charge is 2.24. The van der Waals surface area contributed by atoms with E-state index in [0.29, 0.717) is 17.8 Å². The van der Waals surface area contributed by atoms with Gasteiger partial charge in [-0.05, 0) is 25.0 Å². The predicted octanol–water partition coefficient (Wildman–Crippen LogP) is 2.71. The van der Waals surface area contributed by atoms with E-state index in [2.05, 4.69) is 10.3 Å². The van der Waals surface area contributed by atoms with E-state index in [9.17, 15) is 9.90 Å². The van der Waals surface area contributed by atoms with Crippen LogP contribution < -0.4 is 5.32 Å². The first-order chi connectivity index (χ1) is 10.1. The number of hydrogen-bond donors (Lipinski definition) is 2. The largest absolute Gasteiger partial charge is 0.478 e. The number of rotatable bonds is 2. The van der Waals surface area contributed by atoms with E-state index in [-0.39, 0.29) is 0 Å². The second-order valence-electron chi connectivity index (χ2n) is 5.47. The third-order valence-electron chi connectivity index (χ3n) is 3.96. The van der Waals surface area contributed by atoms with Crippen LogP contribution in [0.2, 0.25) is 0 Å². The van der Waals surface area contributed by atoms with Crippen LogP contribution in [0.1, 0.15) is 32.9 Å². The van der Waals surface area contributed by atoms with Crippen molar-refractivity contribution in [2.45, 2.75) is 26.8 Å². The Kier molecular flexibility index (Phi) is 3.47. The number of aryl methyl sites for hydroxylation is 2. The molecule has 0 amide bonds. The van der Waals surface area contributed by atoms with Gasteiger partial charge in [0, 0.05) is 30.8 Å². The van der Waals surface area contributed by atoms with Crippen LogP contribution in [0.25, 0.3) is 11.1 Å². The maximum Gasteiger partial charge on any atom is 0.338 e. The molecule has 2 aromatic rings. The van der Waals surface area contributed by atoms with Gasteiger partial charge in [-0.1, -0.05) is 29.8 Å². The van der Waals surface area contributed by atoms with Crippen LogP contribution in [-0.2, 0) is 13.0 Å². The van der Waals surface area contributed by atoms with Crippen LogP contribution in [0.4, 0.5) is 0 Å². The molecule has 0 unspecified atom stereocenters. The van der Waals surface area contributed by atoms with Crippen molar-refractivity contribution in [1.29, 1.82) is 0 Å². The number of aromatic nitrogens is 1. The number of carboxylic acids is 1. The van der Waals surface area contributed by atoms with E-state index in [1.807, 2.05) is 31.2 Å². The van der Waals surface area contributed by atoms with Crippen LogP contribution >= 0.6 is 0 Å². The zero-order chi connectivity index (χ0) is 15.0. The first kappa shape index (κ1) is 13.8. The molecule has 0 saturated heterocycles. The lowest BCUT2D eigenvalue weighted by molar-refractivity contribution is 0.0696. The smallest absolute Gasteiger partial charge is 0.338 e. The van der Waals surface area contributed by atoms with Gasteiger partial charge >= 0.3 is 5.97 Å². The van der Waals surface area contributed by atoms with E-state index >= 15 is 0 Å². The summed E-state index contributed by atoms with van der Waals surface area (Å²) in [7, 11) is 0. The van der Waals surface area contributed by atoms with E-state index in [0.717, 1.165) is 40.9 Å². The summed E-state index contributed by atoms with van der Waals surface area (Å²) in [5, 5.41) is 12.9. The number of carboxylic acid groups (broad SMARTS) is 1. The minimum atomic E-state index is -0.913. The molecule has 1 aromatic heterocycles. The Morgan fingerprint density at radius 1 is 1.24 bits per heavy atom. The van der Waals surface area contributed by atoms with Gasteiger partial charge in [-0.2, -0.15) is 0 Å². The molecule has 4 heteroatoms. The number of hydrogen-bond acceptors (Lipinski definition) is 3. The second-order valence-corrected chi connectivity index (χ2v) is 5.47. The lowest BCUT2D eigenvalue weighted by Gasteiger charge is -2.23. The molecule has 2 heterocycles.